The minimum Gasteiger partial charge on any atom is -0.504 e. The molecule has 1 N–H and O–H groups in total. The van der Waals surface area contributed by atoms with Crippen LogP contribution in [0.5, 0.6) is 5.75 Å². The third-order valence-corrected chi connectivity index (χ3v) is 2.63. The Morgan fingerprint density at radius 3 is 2.69 bits per heavy atom. The van der Waals surface area contributed by atoms with Crippen LogP contribution in [0.3, 0.4) is 0 Å². The summed E-state index contributed by atoms with van der Waals surface area (Å²) in [5, 5.41) is 8.98. The largest absolute Gasteiger partial charge is 0.504 e. The zero-order chi connectivity index (χ0) is 12.1. The van der Waals surface area contributed by atoms with Gasteiger partial charge in [-0.05, 0) is 18.6 Å². The fourth-order valence-electron chi connectivity index (χ4n) is 1.41. The fourth-order valence-corrected chi connectivity index (χ4v) is 1.61. The lowest BCUT2D eigenvalue weighted by atomic mass is 10.0. The molecule has 0 aliphatic carbocycles. The number of hydrogen-bond donors (Lipinski definition) is 1. The van der Waals surface area contributed by atoms with E-state index in [4.69, 9.17) is 16.7 Å². The van der Waals surface area contributed by atoms with Gasteiger partial charge >= 0.3 is 0 Å². The number of rotatable bonds is 5. The van der Waals surface area contributed by atoms with E-state index in [-0.39, 0.29) is 16.4 Å². The number of hydrogen-bond acceptors (Lipinski definition) is 2. The molecule has 0 aliphatic rings. The number of halogens is 2. The smallest absolute Gasteiger partial charge is 0.170 e. The molecule has 0 saturated carbocycles. The van der Waals surface area contributed by atoms with Crippen LogP contribution in [0.15, 0.2) is 12.1 Å². The molecular weight excluding hydrogens is 231 g/mol. The predicted molar refractivity (Wildman–Crippen MR) is 61.5 cm³/mol. The van der Waals surface area contributed by atoms with Crippen LogP contribution >= 0.6 is 11.6 Å². The quantitative estimate of drug-likeness (QED) is 0.629. The summed E-state index contributed by atoms with van der Waals surface area (Å²) in [5.74, 6) is -1.60. The van der Waals surface area contributed by atoms with E-state index >= 15 is 0 Å². The maximum absolute atomic E-state index is 13.1. The minimum atomic E-state index is -0.855. The first-order chi connectivity index (χ1) is 7.56. The van der Waals surface area contributed by atoms with Gasteiger partial charge in [0.25, 0.3) is 0 Å². The summed E-state index contributed by atoms with van der Waals surface area (Å²) >= 11 is 5.58. The monoisotopic (exact) mass is 244 g/mol. The van der Waals surface area contributed by atoms with Crippen molar-refractivity contribution in [2.75, 3.05) is 0 Å². The van der Waals surface area contributed by atoms with Gasteiger partial charge in [-0.3, -0.25) is 4.79 Å². The second-order valence-corrected chi connectivity index (χ2v) is 4.08. The molecule has 1 aromatic carbocycles. The highest BCUT2D eigenvalue weighted by molar-refractivity contribution is 6.32. The van der Waals surface area contributed by atoms with Gasteiger partial charge < -0.3 is 5.11 Å². The molecule has 4 heteroatoms. The number of phenols is 1. The summed E-state index contributed by atoms with van der Waals surface area (Å²) in [7, 11) is 0. The van der Waals surface area contributed by atoms with Gasteiger partial charge in [-0.2, -0.15) is 0 Å². The van der Waals surface area contributed by atoms with Crippen LogP contribution in [0.1, 0.15) is 43.0 Å². The average molecular weight is 245 g/mol. The predicted octanol–water partition coefficient (Wildman–Crippen LogP) is 3.95. The number of Topliss-reactive ketones (excluding diaryl/α,β-unsaturated/α-hetero) is 1. The summed E-state index contributed by atoms with van der Waals surface area (Å²) in [4.78, 5) is 11.6. The van der Waals surface area contributed by atoms with E-state index in [0.717, 1.165) is 25.3 Å². The van der Waals surface area contributed by atoms with E-state index in [1.54, 1.807) is 0 Å². The zero-order valence-electron chi connectivity index (χ0n) is 9.09. The van der Waals surface area contributed by atoms with Gasteiger partial charge in [0.1, 0.15) is 0 Å². The van der Waals surface area contributed by atoms with Crippen molar-refractivity contribution in [1.29, 1.82) is 0 Å². The molecule has 0 saturated heterocycles. The van der Waals surface area contributed by atoms with Crippen LogP contribution in [0.25, 0.3) is 0 Å². The summed E-state index contributed by atoms with van der Waals surface area (Å²) in [6.07, 6.45) is 3.17. The van der Waals surface area contributed by atoms with Gasteiger partial charge in [-0.25, -0.2) is 4.39 Å². The van der Waals surface area contributed by atoms with Crippen LogP contribution < -0.4 is 0 Å². The molecule has 0 unspecified atom stereocenters. The van der Waals surface area contributed by atoms with Gasteiger partial charge in [-0.1, -0.05) is 31.4 Å². The third-order valence-electron chi connectivity index (χ3n) is 2.35. The van der Waals surface area contributed by atoms with Crippen molar-refractivity contribution in [3.8, 4) is 5.75 Å². The first kappa shape index (κ1) is 13.0. The van der Waals surface area contributed by atoms with Crippen molar-refractivity contribution in [3.63, 3.8) is 0 Å². The number of unbranched alkanes of at least 4 members (excludes halogenated alkanes) is 2. The summed E-state index contributed by atoms with van der Waals surface area (Å²) < 4.78 is 13.1. The molecule has 88 valence electrons. The Balaban J connectivity index is 2.76. The van der Waals surface area contributed by atoms with Crippen molar-refractivity contribution in [3.05, 3.63) is 28.5 Å². The van der Waals surface area contributed by atoms with E-state index in [1.807, 2.05) is 6.92 Å². The average Bonchev–Trinajstić information content (AvgIpc) is 2.25. The lowest BCUT2D eigenvalue weighted by Gasteiger charge is -2.04. The Hall–Kier alpha value is -1.09. The first-order valence-electron chi connectivity index (χ1n) is 5.27. The van der Waals surface area contributed by atoms with Crippen LogP contribution in [-0.4, -0.2) is 10.9 Å². The normalized spacial score (nSPS) is 10.4. The van der Waals surface area contributed by atoms with Gasteiger partial charge in [0.05, 0.1) is 5.02 Å². The van der Waals surface area contributed by atoms with E-state index in [0.29, 0.717) is 6.42 Å². The molecule has 1 aromatic rings. The number of ketones is 1. The van der Waals surface area contributed by atoms with Gasteiger partial charge in [0, 0.05) is 12.0 Å². The van der Waals surface area contributed by atoms with Gasteiger partial charge in [-0.15, -0.1) is 0 Å². The maximum atomic E-state index is 13.1. The number of aromatic hydroxyl groups is 1. The molecule has 2 nitrogen and oxygen atoms in total. The molecule has 1 rings (SSSR count). The molecular formula is C12H14ClFO2. The molecule has 16 heavy (non-hydrogen) atoms. The Morgan fingerprint density at radius 2 is 2.12 bits per heavy atom. The van der Waals surface area contributed by atoms with Crippen molar-refractivity contribution < 1.29 is 14.3 Å². The number of benzene rings is 1. The Bertz CT molecular complexity index is 368. The van der Waals surface area contributed by atoms with Gasteiger partial charge in [0.15, 0.2) is 17.3 Å². The summed E-state index contributed by atoms with van der Waals surface area (Å²) in [6, 6.07) is 2.32. The fraction of sp³-hybridized carbons (Fsp3) is 0.417. The van der Waals surface area contributed by atoms with Crippen molar-refractivity contribution in [2.45, 2.75) is 32.6 Å². The van der Waals surface area contributed by atoms with Crippen molar-refractivity contribution in [2.24, 2.45) is 0 Å². The lowest BCUT2D eigenvalue weighted by Crippen LogP contribution is -2.00. The standard InChI is InChI=1S/C12H14ClFO2/c1-2-3-4-5-11(15)8-6-9(13)12(16)10(14)7-8/h6-7,16H,2-5H2,1H3. The molecule has 0 radical (unpaired) electrons. The molecule has 0 atom stereocenters. The molecule has 0 aromatic heterocycles. The van der Waals surface area contributed by atoms with Crippen LogP contribution in [0.2, 0.25) is 5.02 Å². The van der Waals surface area contributed by atoms with E-state index < -0.39 is 11.6 Å². The van der Waals surface area contributed by atoms with E-state index in [1.165, 1.54) is 6.07 Å². The van der Waals surface area contributed by atoms with Gasteiger partial charge in [0.2, 0.25) is 0 Å². The first-order valence-corrected chi connectivity index (χ1v) is 5.65. The number of carbonyl (C=O) groups is 1. The SMILES string of the molecule is CCCCCC(=O)c1cc(F)c(O)c(Cl)c1. The lowest BCUT2D eigenvalue weighted by molar-refractivity contribution is 0.0979. The highest BCUT2D eigenvalue weighted by atomic mass is 35.5. The van der Waals surface area contributed by atoms with Crippen LogP contribution in [0.4, 0.5) is 4.39 Å². The highest BCUT2D eigenvalue weighted by Crippen LogP contribution is 2.28. The molecule has 0 heterocycles. The molecule has 0 bridgehead atoms. The summed E-state index contributed by atoms with van der Waals surface area (Å²) in [6.45, 7) is 2.04. The van der Waals surface area contributed by atoms with E-state index in [2.05, 4.69) is 0 Å². The minimum absolute atomic E-state index is 0.126. The number of carbonyl (C=O) groups excluding carboxylic acids is 1. The molecule has 0 aliphatic heterocycles. The molecule has 0 amide bonds. The summed E-state index contributed by atoms with van der Waals surface area (Å²) in [5.41, 5.74) is 0.219. The topological polar surface area (TPSA) is 37.3 Å². The Labute approximate surface area is 99.0 Å². The second-order valence-electron chi connectivity index (χ2n) is 3.67. The van der Waals surface area contributed by atoms with Crippen LogP contribution in [0, 0.1) is 5.82 Å². The number of phenolic OH excluding ortho intramolecular Hbond substituents is 1. The Morgan fingerprint density at radius 1 is 1.44 bits per heavy atom. The zero-order valence-corrected chi connectivity index (χ0v) is 9.85. The molecule has 0 fully saturated rings. The second kappa shape index (κ2) is 5.85. The third kappa shape index (κ3) is 3.20. The van der Waals surface area contributed by atoms with E-state index in [9.17, 15) is 9.18 Å². The van der Waals surface area contributed by atoms with Crippen molar-refractivity contribution in [1.82, 2.24) is 0 Å². The Kier molecular flexibility index (Phi) is 4.74. The maximum Gasteiger partial charge on any atom is 0.170 e. The van der Waals surface area contributed by atoms with Crippen LogP contribution in [-0.2, 0) is 0 Å². The molecule has 0 spiro atoms. The van der Waals surface area contributed by atoms with Crippen molar-refractivity contribution >= 4 is 17.4 Å². The highest BCUT2D eigenvalue weighted by Gasteiger charge is 2.12.